The Morgan fingerprint density at radius 2 is 1.88 bits per heavy atom. The molecule has 1 saturated heterocycles. The molecule has 0 aliphatic carbocycles. The van der Waals surface area contributed by atoms with Crippen LogP contribution >= 0.6 is 23.4 Å². The lowest BCUT2D eigenvalue weighted by atomic mass is 9.69. The molecule has 3 heterocycles. The first-order chi connectivity index (χ1) is 20.0. The van der Waals surface area contributed by atoms with E-state index in [0.717, 1.165) is 32.5 Å². The molecule has 3 atom stereocenters. The SMILES string of the molecule is CSc1ccc2nc3c(cc2c1)C(c1ccc(Cl)cc1)C1(O)CCN(C(=O)OC(C)(C)C)C(Cc2ccccc2O3)C1. The molecule has 3 aromatic carbocycles. The number of amides is 1. The second-order valence-corrected chi connectivity index (χ2v) is 13.5. The fourth-order valence-corrected chi connectivity index (χ4v) is 6.83. The number of piperidine rings is 1. The molecule has 8 heteroatoms. The second kappa shape index (κ2) is 11.1. The third-order valence-electron chi connectivity index (χ3n) is 8.14. The van der Waals surface area contributed by atoms with Crippen molar-refractivity contribution in [2.75, 3.05) is 12.8 Å². The fraction of sp³-hybridized carbons (Fsp3) is 0.353. The minimum absolute atomic E-state index is 0.309. The van der Waals surface area contributed by atoms with Crippen molar-refractivity contribution < 1.29 is 19.4 Å². The summed E-state index contributed by atoms with van der Waals surface area (Å²) in [5.74, 6) is 0.669. The van der Waals surface area contributed by atoms with Crippen molar-refractivity contribution in [3.63, 3.8) is 0 Å². The van der Waals surface area contributed by atoms with Crippen molar-refractivity contribution in [2.24, 2.45) is 0 Å². The number of fused-ring (bicyclic) bond motifs is 5. The smallest absolute Gasteiger partial charge is 0.410 e. The second-order valence-electron chi connectivity index (χ2n) is 12.2. The van der Waals surface area contributed by atoms with Gasteiger partial charge in [0.05, 0.1) is 11.1 Å². The predicted octanol–water partition coefficient (Wildman–Crippen LogP) is 8.22. The third-order valence-corrected chi connectivity index (χ3v) is 9.12. The Balaban J connectivity index is 1.57. The molecule has 2 bridgehead atoms. The molecule has 3 unspecified atom stereocenters. The van der Waals surface area contributed by atoms with Gasteiger partial charge in [0.15, 0.2) is 0 Å². The molecule has 218 valence electrons. The first-order valence-corrected chi connectivity index (χ1v) is 15.9. The van der Waals surface area contributed by atoms with Crippen LogP contribution in [0.5, 0.6) is 11.6 Å². The van der Waals surface area contributed by atoms with E-state index in [1.165, 1.54) is 0 Å². The first-order valence-electron chi connectivity index (χ1n) is 14.2. The van der Waals surface area contributed by atoms with Crippen molar-refractivity contribution in [3.8, 4) is 11.6 Å². The lowest BCUT2D eigenvalue weighted by Gasteiger charge is -2.48. The van der Waals surface area contributed by atoms with Gasteiger partial charge in [-0.25, -0.2) is 9.78 Å². The molecule has 0 spiro atoms. The van der Waals surface area contributed by atoms with Gasteiger partial charge < -0.3 is 19.5 Å². The number of benzene rings is 3. The van der Waals surface area contributed by atoms with Crippen LogP contribution < -0.4 is 4.74 Å². The van der Waals surface area contributed by atoms with E-state index in [2.05, 4.69) is 18.2 Å². The first kappa shape index (κ1) is 28.8. The Kier molecular flexibility index (Phi) is 7.62. The van der Waals surface area contributed by atoms with E-state index < -0.39 is 17.1 Å². The molecular weight excluding hydrogens is 568 g/mol. The maximum absolute atomic E-state index is 13.4. The number of carbonyl (C=O) groups excluding carboxylic acids is 1. The van der Waals surface area contributed by atoms with E-state index >= 15 is 0 Å². The normalized spacial score (nSPS) is 22.1. The Hall–Kier alpha value is -3.26. The summed E-state index contributed by atoms with van der Waals surface area (Å²) >= 11 is 7.98. The largest absolute Gasteiger partial charge is 0.444 e. The molecule has 1 amide bonds. The number of carbonyl (C=O) groups is 1. The van der Waals surface area contributed by atoms with Gasteiger partial charge in [-0.1, -0.05) is 41.9 Å². The van der Waals surface area contributed by atoms with Crippen LogP contribution in [0.4, 0.5) is 4.79 Å². The zero-order valence-electron chi connectivity index (χ0n) is 24.3. The van der Waals surface area contributed by atoms with Gasteiger partial charge >= 0.3 is 6.09 Å². The van der Waals surface area contributed by atoms with E-state index in [1.54, 1.807) is 16.7 Å². The maximum atomic E-state index is 13.4. The number of nitrogens with zero attached hydrogens (tertiary/aromatic N) is 2. The van der Waals surface area contributed by atoms with Gasteiger partial charge in [0.2, 0.25) is 5.88 Å². The number of rotatable bonds is 2. The minimum Gasteiger partial charge on any atom is -0.444 e. The van der Waals surface area contributed by atoms with E-state index in [1.807, 2.05) is 81.6 Å². The number of hydrogen-bond donors (Lipinski definition) is 1. The molecule has 1 N–H and O–H groups in total. The lowest BCUT2D eigenvalue weighted by Crippen LogP contribution is -2.56. The van der Waals surface area contributed by atoms with E-state index in [0.29, 0.717) is 42.5 Å². The average Bonchev–Trinajstić information content (AvgIpc) is 2.94. The van der Waals surface area contributed by atoms with Gasteiger partial charge in [0, 0.05) is 39.4 Å². The van der Waals surface area contributed by atoms with Crippen LogP contribution in [0.2, 0.25) is 5.02 Å². The summed E-state index contributed by atoms with van der Waals surface area (Å²) in [5, 5.41) is 14.3. The highest BCUT2D eigenvalue weighted by atomic mass is 35.5. The fourth-order valence-electron chi connectivity index (χ4n) is 6.26. The molecule has 0 radical (unpaired) electrons. The van der Waals surface area contributed by atoms with Crippen LogP contribution in [-0.4, -0.2) is 51.1 Å². The number of ether oxygens (including phenoxy) is 2. The summed E-state index contributed by atoms with van der Waals surface area (Å²) in [4.78, 5) is 21.4. The number of para-hydroxylation sites is 1. The van der Waals surface area contributed by atoms with Crippen LogP contribution in [0.15, 0.2) is 77.7 Å². The average molecular weight is 603 g/mol. The maximum Gasteiger partial charge on any atom is 0.410 e. The van der Waals surface area contributed by atoms with Gasteiger partial charge in [-0.05, 0) is 99.9 Å². The summed E-state index contributed by atoms with van der Waals surface area (Å²) in [5.41, 5.74) is 1.64. The standard InChI is InChI=1S/C34H35ClN2O4S/c1-33(2,3)41-32(38)37-16-15-34(39)20-25(37)17-22-7-5-6-8-29(22)40-31-27(30(34)21-9-11-24(35)12-10-21)19-23-18-26(42-4)13-14-28(23)36-31/h5-14,18-19,25,30,39H,15-17,20H2,1-4H3. The quantitative estimate of drug-likeness (QED) is 0.233. The van der Waals surface area contributed by atoms with Crippen LogP contribution in [0, 0.1) is 0 Å². The molecular formula is C34H35ClN2O4S. The highest BCUT2D eigenvalue weighted by Gasteiger charge is 2.48. The highest BCUT2D eigenvalue weighted by molar-refractivity contribution is 7.98. The number of aliphatic hydroxyl groups is 1. The van der Waals surface area contributed by atoms with E-state index in [4.69, 9.17) is 26.1 Å². The minimum atomic E-state index is -1.20. The summed E-state index contributed by atoms with van der Waals surface area (Å²) in [6, 6.07) is 23.5. The third kappa shape index (κ3) is 5.70. The van der Waals surface area contributed by atoms with Crippen molar-refractivity contribution in [1.82, 2.24) is 9.88 Å². The monoisotopic (exact) mass is 602 g/mol. The van der Waals surface area contributed by atoms with Gasteiger partial charge in [-0.3, -0.25) is 0 Å². The van der Waals surface area contributed by atoms with Crippen molar-refractivity contribution in [2.45, 2.75) is 68.1 Å². The molecule has 6 nitrogen and oxygen atoms in total. The number of hydrogen-bond acceptors (Lipinski definition) is 6. The zero-order valence-corrected chi connectivity index (χ0v) is 25.8. The Bertz CT molecular complexity index is 1640. The number of likely N-dealkylation sites (tertiary alicyclic amines) is 1. The van der Waals surface area contributed by atoms with Crippen molar-refractivity contribution >= 4 is 40.4 Å². The van der Waals surface area contributed by atoms with Crippen LogP contribution in [0.25, 0.3) is 10.9 Å². The molecule has 42 heavy (non-hydrogen) atoms. The van der Waals surface area contributed by atoms with E-state index in [9.17, 15) is 9.90 Å². The highest BCUT2D eigenvalue weighted by Crippen LogP contribution is 2.49. The molecule has 1 fully saturated rings. The predicted molar refractivity (Wildman–Crippen MR) is 168 cm³/mol. The summed E-state index contributed by atoms with van der Waals surface area (Å²) in [6.45, 7) is 5.97. The number of halogens is 1. The van der Waals surface area contributed by atoms with E-state index in [-0.39, 0.29) is 12.1 Å². The molecule has 2 aliphatic heterocycles. The van der Waals surface area contributed by atoms with Crippen molar-refractivity contribution in [3.05, 3.63) is 94.5 Å². The van der Waals surface area contributed by atoms with Gasteiger partial charge in [-0.2, -0.15) is 0 Å². The van der Waals surface area contributed by atoms with Gasteiger partial charge in [0.25, 0.3) is 0 Å². The number of pyridine rings is 1. The van der Waals surface area contributed by atoms with Crippen LogP contribution in [0.3, 0.4) is 0 Å². The Morgan fingerprint density at radius 1 is 1.12 bits per heavy atom. The summed E-state index contributed by atoms with van der Waals surface area (Å²) < 4.78 is 12.5. The van der Waals surface area contributed by atoms with Gasteiger partial charge in [-0.15, -0.1) is 11.8 Å². The Labute approximate surface area is 256 Å². The molecule has 2 aliphatic rings. The Morgan fingerprint density at radius 3 is 2.62 bits per heavy atom. The lowest BCUT2D eigenvalue weighted by molar-refractivity contribution is -0.0634. The van der Waals surface area contributed by atoms with Crippen LogP contribution in [-0.2, 0) is 11.2 Å². The van der Waals surface area contributed by atoms with Gasteiger partial charge in [0.1, 0.15) is 11.4 Å². The molecule has 6 rings (SSSR count). The molecule has 0 saturated carbocycles. The summed E-state index contributed by atoms with van der Waals surface area (Å²) in [7, 11) is 0. The number of thioether (sulfide) groups is 1. The summed E-state index contributed by atoms with van der Waals surface area (Å²) in [6.07, 6.45) is 2.90. The van der Waals surface area contributed by atoms with Crippen molar-refractivity contribution in [1.29, 1.82) is 0 Å². The van der Waals surface area contributed by atoms with Crippen LogP contribution in [0.1, 0.15) is 56.2 Å². The molecule has 4 aromatic rings. The molecule has 1 aromatic heterocycles. The topological polar surface area (TPSA) is 71.9 Å². The number of aromatic nitrogens is 1. The zero-order chi connectivity index (χ0) is 29.6.